The molecule has 1 N–H and O–H groups in total. The Balaban J connectivity index is 1.22. The first-order valence-corrected chi connectivity index (χ1v) is 12.1. The lowest BCUT2D eigenvalue weighted by Gasteiger charge is -2.26. The predicted molar refractivity (Wildman–Crippen MR) is 112 cm³/mol. The zero-order valence-corrected chi connectivity index (χ0v) is 17.4. The SMILES string of the molecule is O=S1(=O)NC(=NCCCOc2ccc(CN3CCCCC3)cc2)c2cscc21. The van der Waals surface area contributed by atoms with E-state index in [1.165, 1.54) is 49.3 Å². The largest absolute Gasteiger partial charge is 0.494 e. The molecular formula is C20H25N3O3S2. The Morgan fingerprint density at radius 1 is 1.11 bits per heavy atom. The van der Waals surface area contributed by atoms with Crippen LogP contribution in [0, 0.1) is 0 Å². The Bertz CT molecular complexity index is 930. The number of nitrogens with zero attached hydrogens (tertiary/aromatic N) is 2. The zero-order valence-electron chi connectivity index (χ0n) is 15.8. The van der Waals surface area contributed by atoms with Crippen LogP contribution in [0.15, 0.2) is 44.9 Å². The van der Waals surface area contributed by atoms with Gasteiger partial charge < -0.3 is 4.74 Å². The molecule has 0 saturated carbocycles. The topological polar surface area (TPSA) is 71.0 Å². The second kappa shape index (κ2) is 8.63. The van der Waals surface area contributed by atoms with Crippen LogP contribution in [0.25, 0.3) is 0 Å². The molecule has 8 heteroatoms. The normalized spacial score (nSPS) is 20.1. The molecule has 0 spiro atoms. The molecule has 0 atom stereocenters. The number of ether oxygens (including phenoxy) is 1. The average molecular weight is 420 g/mol. The lowest BCUT2D eigenvalue weighted by molar-refractivity contribution is 0.221. The molecule has 2 aliphatic heterocycles. The van der Waals surface area contributed by atoms with E-state index in [0.717, 1.165) is 18.7 Å². The Kier molecular flexibility index (Phi) is 5.99. The molecule has 28 heavy (non-hydrogen) atoms. The van der Waals surface area contributed by atoms with Gasteiger partial charge in [0.2, 0.25) is 0 Å². The van der Waals surface area contributed by atoms with Crippen molar-refractivity contribution in [1.82, 2.24) is 9.62 Å². The number of rotatable bonds is 7. The number of aliphatic imine (C=N–C) groups is 1. The number of piperidine rings is 1. The fraction of sp³-hybridized carbons (Fsp3) is 0.450. The molecule has 6 nitrogen and oxygen atoms in total. The summed E-state index contributed by atoms with van der Waals surface area (Å²) in [6.45, 7) is 4.47. The lowest BCUT2D eigenvalue weighted by atomic mass is 10.1. The maximum absolute atomic E-state index is 11.9. The number of likely N-dealkylation sites (tertiary alicyclic amines) is 1. The van der Waals surface area contributed by atoms with E-state index in [9.17, 15) is 8.42 Å². The summed E-state index contributed by atoms with van der Waals surface area (Å²) in [5.74, 6) is 1.30. The number of amidine groups is 1. The van der Waals surface area contributed by atoms with Crippen LogP contribution in [0.2, 0.25) is 0 Å². The number of sulfonamides is 1. The van der Waals surface area contributed by atoms with Gasteiger partial charge in [0.1, 0.15) is 16.5 Å². The number of hydrogen-bond acceptors (Lipinski definition) is 6. The van der Waals surface area contributed by atoms with Gasteiger partial charge in [0.25, 0.3) is 10.0 Å². The summed E-state index contributed by atoms with van der Waals surface area (Å²) < 4.78 is 32.2. The maximum Gasteiger partial charge on any atom is 0.264 e. The molecule has 0 radical (unpaired) electrons. The predicted octanol–water partition coefficient (Wildman–Crippen LogP) is 3.24. The fourth-order valence-electron chi connectivity index (χ4n) is 3.53. The summed E-state index contributed by atoms with van der Waals surface area (Å²) in [7, 11) is -3.42. The van der Waals surface area contributed by atoms with Crippen molar-refractivity contribution in [3.05, 3.63) is 46.2 Å². The standard InChI is InChI=1S/C20H25N3O3S2/c24-28(25)19-15-27-14-18(19)20(22-28)21-9-4-12-26-17-7-5-16(6-8-17)13-23-10-2-1-3-11-23/h5-8,14-15H,1-4,9-13H2,(H,21,22). The Labute approximate surface area is 170 Å². The van der Waals surface area contributed by atoms with E-state index in [0.29, 0.717) is 29.4 Å². The van der Waals surface area contributed by atoms with Gasteiger partial charge in [0, 0.05) is 35.8 Å². The van der Waals surface area contributed by atoms with Crippen LogP contribution in [0.4, 0.5) is 0 Å². The first-order valence-electron chi connectivity index (χ1n) is 9.70. The second-order valence-electron chi connectivity index (χ2n) is 7.17. The lowest BCUT2D eigenvalue weighted by Crippen LogP contribution is -2.28. The van der Waals surface area contributed by atoms with Crippen LogP contribution in [0.1, 0.15) is 36.8 Å². The van der Waals surface area contributed by atoms with Crippen LogP contribution in [-0.2, 0) is 16.6 Å². The highest BCUT2D eigenvalue weighted by molar-refractivity contribution is 7.90. The average Bonchev–Trinajstić information content (AvgIpc) is 3.27. The first kappa shape index (κ1) is 19.4. The van der Waals surface area contributed by atoms with Crippen LogP contribution >= 0.6 is 11.3 Å². The minimum atomic E-state index is -3.42. The van der Waals surface area contributed by atoms with Crippen LogP contribution in [-0.4, -0.2) is 45.4 Å². The number of hydrogen-bond donors (Lipinski definition) is 1. The van der Waals surface area contributed by atoms with Crippen molar-refractivity contribution in [2.45, 2.75) is 37.1 Å². The van der Waals surface area contributed by atoms with E-state index in [4.69, 9.17) is 4.74 Å². The molecule has 1 aromatic carbocycles. The third-order valence-corrected chi connectivity index (χ3v) is 7.29. The summed E-state index contributed by atoms with van der Waals surface area (Å²) >= 11 is 1.37. The molecule has 0 unspecified atom stereocenters. The van der Waals surface area contributed by atoms with E-state index in [1.54, 1.807) is 5.38 Å². The second-order valence-corrected chi connectivity index (χ2v) is 9.56. The third-order valence-electron chi connectivity index (χ3n) is 5.02. The van der Waals surface area contributed by atoms with Crippen molar-refractivity contribution in [1.29, 1.82) is 0 Å². The maximum atomic E-state index is 11.9. The van der Waals surface area contributed by atoms with Gasteiger partial charge in [-0.3, -0.25) is 14.6 Å². The van der Waals surface area contributed by atoms with Gasteiger partial charge >= 0.3 is 0 Å². The van der Waals surface area contributed by atoms with Gasteiger partial charge in [-0.05, 0) is 43.6 Å². The highest BCUT2D eigenvalue weighted by Gasteiger charge is 2.31. The van der Waals surface area contributed by atoms with E-state index in [2.05, 4.69) is 26.7 Å². The minimum Gasteiger partial charge on any atom is -0.494 e. The molecule has 1 fully saturated rings. The summed E-state index contributed by atoms with van der Waals surface area (Å²) in [4.78, 5) is 7.23. The summed E-state index contributed by atoms with van der Waals surface area (Å²) in [6, 6.07) is 8.31. The molecule has 4 rings (SSSR count). The molecule has 2 aliphatic rings. The fourth-order valence-corrected chi connectivity index (χ4v) is 5.96. The van der Waals surface area contributed by atoms with Crippen LogP contribution < -0.4 is 9.46 Å². The van der Waals surface area contributed by atoms with Crippen LogP contribution in [0.5, 0.6) is 5.75 Å². The summed E-state index contributed by atoms with van der Waals surface area (Å²) in [5.41, 5.74) is 2.00. The number of fused-ring (bicyclic) bond motifs is 1. The molecule has 0 bridgehead atoms. The smallest absolute Gasteiger partial charge is 0.264 e. The number of benzene rings is 1. The van der Waals surface area contributed by atoms with Gasteiger partial charge in [0.05, 0.1) is 6.61 Å². The van der Waals surface area contributed by atoms with Crippen molar-refractivity contribution >= 4 is 27.2 Å². The summed E-state index contributed by atoms with van der Waals surface area (Å²) in [6.07, 6.45) is 4.69. The monoisotopic (exact) mass is 419 g/mol. The molecular weight excluding hydrogens is 394 g/mol. The highest BCUT2D eigenvalue weighted by atomic mass is 32.2. The Morgan fingerprint density at radius 2 is 1.89 bits per heavy atom. The zero-order chi connectivity index (χ0) is 19.4. The highest BCUT2D eigenvalue weighted by Crippen LogP contribution is 2.26. The van der Waals surface area contributed by atoms with Gasteiger partial charge in [-0.25, -0.2) is 8.42 Å². The van der Waals surface area contributed by atoms with Crippen molar-refractivity contribution in [3.8, 4) is 5.75 Å². The Hall–Kier alpha value is -1.90. The van der Waals surface area contributed by atoms with Crippen molar-refractivity contribution < 1.29 is 13.2 Å². The van der Waals surface area contributed by atoms with Crippen molar-refractivity contribution in [2.24, 2.45) is 4.99 Å². The Morgan fingerprint density at radius 3 is 2.68 bits per heavy atom. The minimum absolute atomic E-state index is 0.331. The van der Waals surface area contributed by atoms with E-state index in [1.807, 2.05) is 17.5 Å². The van der Waals surface area contributed by atoms with Crippen molar-refractivity contribution in [2.75, 3.05) is 26.2 Å². The van der Waals surface area contributed by atoms with Crippen molar-refractivity contribution in [3.63, 3.8) is 0 Å². The van der Waals surface area contributed by atoms with Crippen LogP contribution in [0.3, 0.4) is 0 Å². The van der Waals surface area contributed by atoms with E-state index >= 15 is 0 Å². The van der Waals surface area contributed by atoms with Gasteiger partial charge in [-0.1, -0.05) is 18.6 Å². The number of thiophene rings is 1. The molecule has 0 aliphatic carbocycles. The molecule has 3 heterocycles. The molecule has 0 amide bonds. The summed E-state index contributed by atoms with van der Waals surface area (Å²) in [5, 5.41) is 3.45. The van der Waals surface area contributed by atoms with Gasteiger partial charge in [0.15, 0.2) is 0 Å². The third kappa shape index (κ3) is 4.56. The molecule has 150 valence electrons. The molecule has 1 saturated heterocycles. The number of nitrogens with one attached hydrogen (secondary N) is 1. The quantitative estimate of drug-likeness (QED) is 0.700. The van der Waals surface area contributed by atoms with Gasteiger partial charge in [-0.2, -0.15) is 11.3 Å². The van der Waals surface area contributed by atoms with E-state index in [-0.39, 0.29) is 0 Å². The van der Waals surface area contributed by atoms with E-state index < -0.39 is 10.0 Å². The molecule has 2 aromatic rings. The molecule has 1 aromatic heterocycles. The first-order chi connectivity index (χ1) is 13.6. The van der Waals surface area contributed by atoms with Gasteiger partial charge in [-0.15, -0.1) is 0 Å².